The van der Waals surface area contributed by atoms with Gasteiger partial charge < -0.3 is 18.9 Å². The molecular formula is C29H40O5. The largest absolute Gasteiger partial charge is 0.491 e. The fourth-order valence-electron chi connectivity index (χ4n) is 4.39. The van der Waals surface area contributed by atoms with Gasteiger partial charge in [-0.05, 0) is 66.5 Å². The van der Waals surface area contributed by atoms with E-state index >= 15 is 0 Å². The molecule has 2 aromatic carbocycles. The number of ether oxygens (including phenoxy) is 4. The average molecular weight is 469 g/mol. The zero-order valence-corrected chi connectivity index (χ0v) is 21.2. The molecule has 0 heterocycles. The van der Waals surface area contributed by atoms with Crippen molar-refractivity contribution in [2.24, 2.45) is 0 Å². The highest BCUT2D eigenvalue weighted by Crippen LogP contribution is 2.34. The molecule has 2 unspecified atom stereocenters. The molecule has 34 heavy (non-hydrogen) atoms. The van der Waals surface area contributed by atoms with Crippen LogP contribution >= 0.6 is 0 Å². The highest BCUT2D eigenvalue weighted by molar-refractivity contribution is 5.70. The minimum atomic E-state index is -0.457. The van der Waals surface area contributed by atoms with E-state index in [1.165, 1.54) is 44.6 Å². The number of carbonyl (C=O) groups is 1. The van der Waals surface area contributed by atoms with Crippen LogP contribution in [0.15, 0.2) is 42.5 Å². The Hall–Kier alpha value is -2.53. The molecule has 3 rings (SSSR count). The molecule has 0 N–H and O–H groups in total. The van der Waals surface area contributed by atoms with Gasteiger partial charge in [-0.1, -0.05) is 58.2 Å². The molecule has 0 spiro atoms. The number of hydrogen-bond donors (Lipinski definition) is 0. The highest BCUT2D eigenvalue weighted by Gasteiger charge is 2.17. The van der Waals surface area contributed by atoms with Crippen LogP contribution in [0.3, 0.4) is 0 Å². The summed E-state index contributed by atoms with van der Waals surface area (Å²) >= 11 is 0. The Labute approximate surface area is 204 Å². The highest BCUT2D eigenvalue weighted by atomic mass is 16.7. The molecule has 1 aliphatic rings. The predicted molar refractivity (Wildman–Crippen MR) is 135 cm³/mol. The lowest BCUT2D eigenvalue weighted by molar-refractivity contribution is -0.132. The van der Waals surface area contributed by atoms with Crippen LogP contribution in [-0.2, 0) is 9.53 Å². The molecule has 1 fully saturated rings. The molecule has 0 aromatic heterocycles. The lowest BCUT2D eigenvalue weighted by atomic mass is 9.84. The number of esters is 1. The normalized spacial score (nSPS) is 16.0. The standard InChI is InChI=1S/C29H40O5/c1-5-21(3)25-14-17-27(28(20-25)33-22(4)30)34-29(6-2)32-19-18-31-26-15-12-24(13-16-26)23-10-8-7-9-11-23/h12-17,20-21,23,29H,5-11,18-19H2,1-4H3. The third-order valence-electron chi connectivity index (χ3n) is 6.61. The summed E-state index contributed by atoms with van der Waals surface area (Å²) in [5, 5.41) is 0. The quantitative estimate of drug-likeness (QED) is 0.141. The number of benzene rings is 2. The third kappa shape index (κ3) is 7.76. The maximum absolute atomic E-state index is 11.6. The summed E-state index contributed by atoms with van der Waals surface area (Å²) in [4.78, 5) is 11.6. The van der Waals surface area contributed by atoms with E-state index in [1.807, 2.05) is 25.1 Å². The van der Waals surface area contributed by atoms with Crippen LogP contribution in [0.25, 0.3) is 0 Å². The zero-order chi connectivity index (χ0) is 24.3. The summed E-state index contributed by atoms with van der Waals surface area (Å²) < 4.78 is 23.2. The second-order valence-electron chi connectivity index (χ2n) is 9.19. The van der Waals surface area contributed by atoms with Gasteiger partial charge in [0.2, 0.25) is 0 Å². The Morgan fingerprint density at radius 1 is 0.941 bits per heavy atom. The average Bonchev–Trinajstić information content (AvgIpc) is 2.86. The molecule has 5 nitrogen and oxygen atoms in total. The maximum Gasteiger partial charge on any atom is 0.308 e. The Bertz CT molecular complexity index is 886. The predicted octanol–water partition coefficient (Wildman–Crippen LogP) is 7.38. The molecule has 5 heteroatoms. The second kappa shape index (κ2) is 13.4. The minimum Gasteiger partial charge on any atom is -0.491 e. The van der Waals surface area contributed by atoms with Gasteiger partial charge in [-0.3, -0.25) is 4.79 Å². The van der Waals surface area contributed by atoms with Crippen molar-refractivity contribution in [3.8, 4) is 17.2 Å². The summed E-state index contributed by atoms with van der Waals surface area (Å²) in [5.41, 5.74) is 2.54. The van der Waals surface area contributed by atoms with E-state index in [0.29, 0.717) is 43.0 Å². The molecule has 1 aliphatic carbocycles. The first-order valence-electron chi connectivity index (χ1n) is 12.8. The maximum atomic E-state index is 11.6. The molecule has 0 amide bonds. The van der Waals surface area contributed by atoms with Crippen molar-refractivity contribution in [3.05, 3.63) is 53.6 Å². The summed E-state index contributed by atoms with van der Waals surface area (Å²) in [6.07, 6.45) is 7.84. The van der Waals surface area contributed by atoms with Crippen molar-refractivity contribution in [2.75, 3.05) is 13.2 Å². The van der Waals surface area contributed by atoms with Crippen LogP contribution in [0.4, 0.5) is 0 Å². The van der Waals surface area contributed by atoms with E-state index in [4.69, 9.17) is 18.9 Å². The van der Waals surface area contributed by atoms with Crippen LogP contribution < -0.4 is 14.2 Å². The van der Waals surface area contributed by atoms with Crippen LogP contribution in [0.1, 0.15) is 95.6 Å². The van der Waals surface area contributed by atoms with Gasteiger partial charge in [0.15, 0.2) is 17.8 Å². The molecule has 0 bridgehead atoms. The summed E-state index contributed by atoms with van der Waals surface area (Å²) in [7, 11) is 0. The topological polar surface area (TPSA) is 54.0 Å². The minimum absolute atomic E-state index is 0.371. The fourth-order valence-corrected chi connectivity index (χ4v) is 4.39. The Kier molecular flexibility index (Phi) is 10.3. The van der Waals surface area contributed by atoms with E-state index in [-0.39, 0.29) is 5.97 Å². The van der Waals surface area contributed by atoms with Crippen molar-refractivity contribution >= 4 is 5.97 Å². The van der Waals surface area contributed by atoms with E-state index in [1.54, 1.807) is 0 Å². The smallest absolute Gasteiger partial charge is 0.308 e. The van der Waals surface area contributed by atoms with Crippen LogP contribution in [0, 0.1) is 0 Å². The van der Waals surface area contributed by atoms with Gasteiger partial charge >= 0.3 is 5.97 Å². The summed E-state index contributed by atoms with van der Waals surface area (Å²) in [5.74, 6) is 2.49. The molecule has 1 saturated carbocycles. The Morgan fingerprint density at radius 2 is 1.68 bits per heavy atom. The monoisotopic (exact) mass is 468 g/mol. The first kappa shape index (κ1) is 26.1. The van der Waals surface area contributed by atoms with Crippen LogP contribution in [0.5, 0.6) is 17.2 Å². The molecular weight excluding hydrogens is 428 g/mol. The van der Waals surface area contributed by atoms with Crippen molar-refractivity contribution in [1.29, 1.82) is 0 Å². The van der Waals surface area contributed by atoms with E-state index in [0.717, 1.165) is 17.7 Å². The molecule has 186 valence electrons. The first-order chi connectivity index (χ1) is 16.5. The second-order valence-corrected chi connectivity index (χ2v) is 9.19. The van der Waals surface area contributed by atoms with Crippen molar-refractivity contribution in [3.63, 3.8) is 0 Å². The van der Waals surface area contributed by atoms with Gasteiger partial charge in [0.1, 0.15) is 12.4 Å². The fraction of sp³-hybridized carbons (Fsp3) is 0.552. The van der Waals surface area contributed by atoms with Gasteiger partial charge in [0.25, 0.3) is 0 Å². The van der Waals surface area contributed by atoms with Crippen molar-refractivity contribution in [2.45, 2.75) is 90.8 Å². The lowest BCUT2D eigenvalue weighted by Crippen LogP contribution is -2.23. The molecule has 2 aromatic rings. The van der Waals surface area contributed by atoms with Gasteiger partial charge in [-0.2, -0.15) is 0 Å². The van der Waals surface area contributed by atoms with Gasteiger partial charge in [-0.15, -0.1) is 0 Å². The van der Waals surface area contributed by atoms with Gasteiger partial charge in [0.05, 0.1) is 6.61 Å². The van der Waals surface area contributed by atoms with Gasteiger partial charge in [-0.25, -0.2) is 0 Å². The summed E-state index contributed by atoms with van der Waals surface area (Å²) in [6.45, 7) is 8.51. The van der Waals surface area contributed by atoms with E-state index in [9.17, 15) is 4.79 Å². The van der Waals surface area contributed by atoms with Crippen LogP contribution in [0.2, 0.25) is 0 Å². The van der Waals surface area contributed by atoms with E-state index < -0.39 is 6.29 Å². The first-order valence-corrected chi connectivity index (χ1v) is 12.8. The lowest BCUT2D eigenvalue weighted by Gasteiger charge is -2.22. The molecule has 2 atom stereocenters. The molecule has 0 aliphatic heterocycles. The Morgan fingerprint density at radius 3 is 2.32 bits per heavy atom. The Balaban J connectivity index is 1.50. The van der Waals surface area contributed by atoms with E-state index in [2.05, 4.69) is 38.1 Å². The van der Waals surface area contributed by atoms with Crippen molar-refractivity contribution < 1.29 is 23.7 Å². The zero-order valence-electron chi connectivity index (χ0n) is 21.2. The SMILES string of the molecule is CCC(OCCOc1ccc(C2CCCCC2)cc1)Oc1ccc(C(C)CC)cc1OC(C)=O. The van der Waals surface area contributed by atoms with Gasteiger partial charge in [0, 0.05) is 13.3 Å². The number of hydrogen-bond acceptors (Lipinski definition) is 5. The van der Waals surface area contributed by atoms with Crippen LogP contribution in [-0.4, -0.2) is 25.5 Å². The number of carbonyl (C=O) groups excluding carboxylic acids is 1. The molecule has 0 saturated heterocycles. The van der Waals surface area contributed by atoms with Crippen molar-refractivity contribution in [1.82, 2.24) is 0 Å². The molecule has 0 radical (unpaired) electrons. The summed E-state index contributed by atoms with van der Waals surface area (Å²) in [6, 6.07) is 14.3. The third-order valence-corrected chi connectivity index (χ3v) is 6.61. The number of rotatable bonds is 12.